The molecular formula is C18H16N2O5S. The molecule has 1 atom stereocenters. The summed E-state index contributed by atoms with van der Waals surface area (Å²) in [7, 11) is 0. The van der Waals surface area contributed by atoms with E-state index in [0.29, 0.717) is 29.5 Å². The third-order valence-electron chi connectivity index (χ3n) is 3.82. The van der Waals surface area contributed by atoms with Crippen LogP contribution in [0.5, 0.6) is 11.5 Å². The zero-order valence-corrected chi connectivity index (χ0v) is 14.4. The van der Waals surface area contributed by atoms with Crippen LogP contribution in [-0.4, -0.2) is 17.9 Å². The van der Waals surface area contributed by atoms with Gasteiger partial charge in [-0.25, -0.2) is 4.79 Å². The Morgan fingerprint density at radius 1 is 1.19 bits per heavy atom. The average molecular weight is 372 g/mol. The molecule has 2 aromatic heterocycles. The molecule has 0 spiro atoms. The number of furan rings is 1. The molecule has 26 heavy (non-hydrogen) atoms. The molecule has 0 aliphatic carbocycles. The highest BCUT2D eigenvalue weighted by Gasteiger charge is 2.16. The van der Waals surface area contributed by atoms with Crippen LogP contribution < -0.4 is 20.1 Å². The normalized spacial score (nSPS) is 13.4. The van der Waals surface area contributed by atoms with Gasteiger partial charge in [0.1, 0.15) is 11.9 Å². The first kappa shape index (κ1) is 16.5. The Morgan fingerprint density at radius 2 is 2.08 bits per heavy atom. The summed E-state index contributed by atoms with van der Waals surface area (Å²) in [5.74, 6) is 1.77. The summed E-state index contributed by atoms with van der Waals surface area (Å²) in [6, 6.07) is 12.0. The molecule has 3 N–H and O–H groups in total. The van der Waals surface area contributed by atoms with Gasteiger partial charge in [-0.3, -0.25) is 0 Å². The van der Waals surface area contributed by atoms with Crippen LogP contribution >= 0.6 is 11.3 Å². The lowest BCUT2D eigenvalue weighted by Gasteiger charge is -2.07. The quantitative estimate of drug-likeness (QED) is 0.638. The lowest BCUT2D eigenvalue weighted by molar-refractivity contribution is 0.174. The maximum atomic E-state index is 12.1. The first-order valence-electron chi connectivity index (χ1n) is 7.93. The summed E-state index contributed by atoms with van der Waals surface area (Å²) in [6.07, 6.45) is 0.723. The first-order valence-corrected chi connectivity index (χ1v) is 8.75. The van der Waals surface area contributed by atoms with Crippen LogP contribution in [0.3, 0.4) is 0 Å². The maximum absolute atomic E-state index is 12.1. The van der Waals surface area contributed by atoms with Gasteiger partial charge in [0, 0.05) is 21.5 Å². The molecule has 1 unspecified atom stereocenters. The van der Waals surface area contributed by atoms with E-state index in [2.05, 4.69) is 10.6 Å². The summed E-state index contributed by atoms with van der Waals surface area (Å²) < 4.78 is 15.7. The molecule has 2 amide bonds. The van der Waals surface area contributed by atoms with Gasteiger partial charge < -0.3 is 29.6 Å². The van der Waals surface area contributed by atoms with Gasteiger partial charge in [0.25, 0.3) is 0 Å². The zero-order chi connectivity index (χ0) is 17.9. The Labute approximate surface area is 153 Å². The molecular weight excluding hydrogens is 356 g/mol. The van der Waals surface area contributed by atoms with E-state index in [1.165, 1.54) is 17.6 Å². The number of aliphatic hydroxyl groups is 1. The number of urea groups is 1. The van der Waals surface area contributed by atoms with E-state index in [9.17, 15) is 9.90 Å². The number of benzene rings is 1. The molecule has 4 rings (SSSR count). The van der Waals surface area contributed by atoms with E-state index in [1.807, 2.05) is 12.1 Å². The molecule has 7 nitrogen and oxygen atoms in total. The fourth-order valence-electron chi connectivity index (χ4n) is 2.54. The van der Waals surface area contributed by atoms with E-state index in [-0.39, 0.29) is 12.8 Å². The highest BCUT2D eigenvalue weighted by atomic mass is 32.1. The first-order chi connectivity index (χ1) is 12.7. The molecule has 1 aromatic carbocycles. The zero-order valence-electron chi connectivity index (χ0n) is 13.6. The lowest BCUT2D eigenvalue weighted by atomic mass is 10.2. The molecule has 1 aliphatic heterocycles. The minimum atomic E-state index is -0.800. The monoisotopic (exact) mass is 372 g/mol. The van der Waals surface area contributed by atoms with Crippen molar-refractivity contribution in [3.05, 3.63) is 64.2 Å². The number of carbonyl (C=O) groups is 1. The Hall–Kier alpha value is -2.97. The van der Waals surface area contributed by atoms with Crippen LogP contribution in [0, 0.1) is 0 Å². The molecule has 3 aromatic rings. The van der Waals surface area contributed by atoms with Gasteiger partial charge in [-0.05, 0) is 36.4 Å². The van der Waals surface area contributed by atoms with E-state index in [0.717, 1.165) is 9.75 Å². The van der Waals surface area contributed by atoms with Gasteiger partial charge in [0.15, 0.2) is 11.5 Å². The molecule has 1 aliphatic rings. The fraction of sp³-hybridized carbons (Fsp3) is 0.167. The van der Waals surface area contributed by atoms with Crippen molar-refractivity contribution in [2.24, 2.45) is 0 Å². The number of carbonyl (C=O) groups excluding carboxylic acids is 1. The second-order valence-corrected chi connectivity index (χ2v) is 6.80. The summed E-state index contributed by atoms with van der Waals surface area (Å²) in [5, 5.41) is 15.8. The molecule has 3 heterocycles. The van der Waals surface area contributed by atoms with Crippen molar-refractivity contribution in [3.63, 3.8) is 0 Å². The van der Waals surface area contributed by atoms with Crippen molar-refractivity contribution in [2.75, 3.05) is 12.1 Å². The van der Waals surface area contributed by atoms with Gasteiger partial charge in [-0.15, -0.1) is 11.3 Å². The number of anilines is 1. The van der Waals surface area contributed by atoms with Crippen LogP contribution in [-0.2, 0) is 6.54 Å². The predicted octanol–water partition coefficient (Wildman–Crippen LogP) is 3.47. The second-order valence-electron chi connectivity index (χ2n) is 5.60. The van der Waals surface area contributed by atoms with Crippen molar-refractivity contribution in [1.29, 1.82) is 0 Å². The number of rotatable bonds is 5. The number of thiophene rings is 1. The third-order valence-corrected chi connectivity index (χ3v) is 4.96. The Morgan fingerprint density at radius 3 is 2.92 bits per heavy atom. The molecule has 0 fully saturated rings. The SMILES string of the molecule is O=C(NCc1ccc(C(O)c2ccco2)s1)Nc1ccc2c(c1)OCO2. The Balaban J connectivity index is 1.32. The van der Waals surface area contributed by atoms with Crippen molar-refractivity contribution >= 4 is 23.1 Å². The molecule has 0 saturated carbocycles. The van der Waals surface area contributed by atoms with Crippen molar-refractivity contribution < 1.29 is 23.8 Å². The average Bonchev–Trinajstić information content (AvgIpc) is 3.40. The van der Waals surface area contributed by atoms with Gasteiger partial charge in [0.2, 0.25) is 6.79 Å². The van der Waals surface area contributed by atoms with Crippen LogP contribution in [0.4, 0.5) is 10.5 Å². The lowest BCUT2D eigenvalue weighted by Crippen LogP contribution is -2.27. The topological polar surface area (TPSA) is 93.0 Å². The minimum absolute atomic E-state index is 0.190. The molecule has 0 saturated heterocycles. The number of hydrogen-bond acceptors (Lipinski definition) is 6. The largest absolute Gasteiger partial charge is 0.466 e. The molecule has 0 bridgehead atoms. The van der Waals surface area contributed by atoms with Crippen molar-refractivity contribution in [2.45, 2.75) is 12.6 Å². The highest BCUT2D eigenvalue weighted by Crippen LogP contribution is 2.34. The molecule has 8 heteroatoms. The number of nitrogens with one attached hydrogen (secondary N) is 2. The summed E-state index contributed by atoms with van der Waals surface area (Å²) in [6.45, 7) is 0.543. The van der Waals surface area contributed by atoms with Gasteiger partial charge >= 0.3 is 6.03 Å². The number of aliphatic hydroxyl groups excluding tert-OH is 1. The van der Waals surface area contributed by atoms with Crippen molar-refractivity contribution in [1.82, 2.24) is 5.32 Å². The van der Waals surface area contributed by atoms with Crippen LogP contribution in [0.1, 0.15) is 21.6 Å². The fourth-order valence-corrected chi connectivity index (χ4v) is 3.49. The Bertz CT molecular complexity index is 906. The predicted molar refractivity (Wildman–Crippen MR) is 95.5 cm³/mol. The van der Waals surface area contributed by atoms with Crippen LogP contribution in [0.2, 0.25) is 0 Å². The summed E-state index contributed by atoms with van der Waals surface area (Å²) in [5.41, 5.74) is 0.617. The maximum Gasteiger partial charge on any atom is 0.319 e. The molecule has 134 valence electrons. The summed E-state index contributed by atoms with van der Waals surface area (Å²) in [4.78, 5) is 13.7. The second kappa shape index (κ2) is 7.11. The Kier molecular flexibility index (Phi) is 4.51. The van der Waals surface area contributed by atoms with Crippen LogP contribution in [0.15, 0.2) is 53.1 Å². The smallest absolute Gasteiger partial charge is 0.319 e. The minimum Gasteiger partial charge on any atom is -0.466 e. The van der Waals surface area contributed by atoms with Gasteiger partial charge in [-0.2, -0.15) is 0 Å². The van der Waals surface area contributed by atoms with E-state index in [4.69, 9.17) is 13.9 Å². The number of ether oxygens (including phenoxy) is 2. The van der Waals surface area contributed by atoms with E-state index in [1.54, 1.807) is 30.3 Å². The summed E-state index contributed by atoms with van der Waals surface area (Å²) >= 11 is 1.41. The van der Waals surface area contributed by atoms with Crippen molar-refractivity contribution in [3.8, 4) is 11.5 Å². The third kappa shape index (κ3) is 3.51. The van der Waals surface area contributed by atoms with Gasteiger partial charge in [0.05, 0.1) is 12.8 Å². The number of fused-ring (bicyclic) bond motifs is 1. The number of hydrogen-bond donors (Lipinski definition) is 3. The van der Waals surface area contributed by atoms with Crippen LogP contribution in [0.25, 0.3) is 0 Å². The van der Waals surface area contributed by atoms with E-state index >= 15 is 0 Å². The standard InChI is InChI=1S/C18H16N2O5S/c21-17(14-2-1-7-23-14)16-6-4-12(26-16)9-19-18(22)20-11-3-5-13-15(8-11)25-10-24-13/h1-8,17,21H,9-10H2,(H2,19,20,22). The number of amides is 2. The molecule has 0 radical (unpaired) electrons. The van der Waals surface area contributed by atoms with Gasteiger partial charge in [-0.1, -0.05) is 0 Å². The van der Waals surface area contributed by atoms with E-state index < -0.39 is 6.10 Å². The highest BCUT2D eigenvalue weighted by molar-refractivity contribution is 7.12.